The number of nitrogens with one attached hydrogen (secondary N) is 1. The first-order valence-corrected chi connectivity index (χ1v) is 7.18. The molecule has 0 radical (unpaired) electrons. The Morgan fingerprint density at radius 2 is 2.06 bits per heavy atom. The predicted octanol–water partition coefficient (Wildman–Crippen LogP) is 2.67. The molecule has 0 spiro atoms. The van der Waals surface area contributed by atoms with E-state index in [1.54, 1.807) is 6.20 Å². The van der Waals surface area contributed by atoms with E-state index in [4.69, 9.17) is 17.4 Å². The van der Waals surface area contributed by atoms with E-state index < -0.39 is 0 Å². The van der Waals surface area contributed by atoms with Gasteiger partial charge in [0.15, 0.2) is 0 Å². The molecule has 100 valence electrons. The topological polar surface area (TPSA) is 55.9 Å². The van der Waals surface area contributed by atoms with Crippen molar-refractivity contribution in [2.75, 3.05) is 0 Å². The molecule has 5 heteroatoms. The first-order valence-electron chi connectivity index (χ1n) is 6.80. The molecule has 3 N–H and O–H groups in total. The average Bonchev–Trinajstić information content (AvgIpc) is 2.76. The molecule has 1 aromatic rings. The van der Waals surface area contributed by atoms with Crippen LogP contribution in [0.5, 0.6) is 0 Å². The van der Waals surface area contributed by atoms with Crippen LogP contribution in [0.4, 0.5) is 0 Å². The first kappa shape index (κ1) is 12.5. The van der Waals surface area contributed by atoms with Crippen molar-refractivity contribution < 1.29 is 0 Å². The zero-order valence-corrected chi connectivity index (χ0v) is 11.7. The van der Waals surface area contributed by atoms with Crippen LogP contribution >= 0.6 is 11.6 Å². The Labute approximate surface area is 113 Å². The van der Waals surface area contributed by atoms with Gasteiger partial charge in [-0.3, -0.25) is 16.0 Å². The summed E-state index contributed by atoms with van der Waals surface area (Å²) in [7, 11) is 0. The highest BCUT2D eigenvalue weighted by Crippen LogP contribution is 2.57. The van der Waals surface area contributed by atoms with Gasteiger partial charge >= 0.3 is 0 Å². The molecule has 1 aromatic heterocycles. The van der Waals surface area contributed by atoms with Crippen LogP contribution in [0.2, 0.25) is 5.02 Å². The molecule has 2 aliphatic rings. The number of hydrazine groups is 1. The van der Waals surface area contributed by atoms with Gasteiger partial charge in [-0.1, -0.05) is 11.6 Å². The SMILES string of the molecule is CC(C)n1ncc(Cl)c1C(NN)C1CC2CC2C1. The maximum absolute atomic E-state index is 6.31. The van der Waals surface area contributed by atoms with Crippen molar-refractivity contribution in [3.63, 3.8) is 0 Å². The molecule has 0 amide bonds. The van der Waals surface area contributed by atoms with Gasteiger partial charge in [0.05, 0.1) is 23.0 Å². The molecule has 1 heterocycles. The van der Waals surface area contributed by atoms with Crippen LogP contribution in [0.15, 0.2) is 6.20 Å². The highest BCUT2D eigenvalue weighted by molar-refractivity contribution is 6.31. The van der Waals surface area contributed by atoms with Gasteiger partial charge < -0.3 is 0 Å². The van der Waals surface area contributed by atoms with Gasteiger partial charge in [0.2, 0.25) is 0 Å². The zero-order valence-electron chi connectivity index (χ0n) is 10.9. The third kappa shape index (κ3) is 1.96. The van der Waals surface area contributed by atoms with Crippen LogP contribution in [-0.4, -0.2) is 9.78 Å². The lowest BCUT2D eigenvalue weighted by molar-refractivity contribution is 0.320. The molecule has 2 saturated carbocycles. The minimum absolute atomic E-state index is 0.134. The number of hydrogen-bond acceptors (Lipinski definition) is 3. The summed E-state index contributed by atoms with van der Waals surface area (Å²) in [5.41, 5.74) is 4.03. The van der Waals surface area contributed by atoms with E-state index in [-0.39, 0.29) is 6.04 Å². The Hall–Kier alpha value is -0.580. The van der Waals surface area contributed by atoms with Gasteiger partial charge in [-0.2, -0.15) is 5.10 Å². The molecular weight excluding hydrogens is 248 g/mol. The Morgan fingerprint density at radius 1 is 1.39 bits per heavy atom. The fraction of sp³-hybridized carbons (Fsp3) is 0.769. The van der Waals surface area contributed by atoms with Crippen LogP contribution in [0.25, 0.3) is 0 Å². The highest BCUT2D eigenvalue weighted by atomic mass is 35.5. The van der Waals surface area contributed by atoms with Crippen molar-refractivity contribution in [1.29, 1.82) is 0 Å². The first-order chi connectivity index (χ1) is 8.61. The molecule has 2 aliphatic carbocycles. The molecule has 18 heavy (non-hydrogen) atoms. The van der Waals surface area contributed by atoms with Crippen LogP contribution in [0.1, 0.15) is 50.9 Å². The van der Waals surface area contributed by atoms with Gasteiger partial charge in [0, 0.05) is 6.04 Å². The Balaban J connectivity index is 1.88. The molecule has 0 aliphatic heterocycles. The summed E-state index contributed by atoms with van der Waals surface area (Å²) in [6, 6.07) is 0.439. The summed E-state index contributed by atoms with van der Waals surface area (Å²) in [5, 5.41) is 5.10. The lowest BCUT2D eigenvalue weighted by atomic mass is 9.92. The predicted molar refractivity (Wildman–Crippen MR) is 72.0 cm³/mol. The second-order valence-electron chi connectivity index (χ2n) is 6.05. The number of fused-ring (bicyclic) bond motifs is 1. The van der Waals surface area contributed by atoms with Crippen molar-refractivity contribution in [2.24, 2.45) is 23.6 Å². The Morgan fingerprint density at radius 3 is 2.61 bits per heavy atom. The van der Waals surface area contributed by atoms with Gasteiger partial charge in [0.25, 0.3) is 0 Å². The molecular formula is C13H21ClN4. The smallest absolute Gasteiger partial charge is 0.0834 e. The molecule has 2 fully saturated rings. The number of hydrogen-bond donors (Lipinski definition) is 2. The van der Waals surface area contributed by atoms with Crippen LogP contribution in [0.3, 0.4) is 0 Å². The van der Waals surface area contributed by atoms with E-state index in [2.05, 4.69) is 24.4 Å². The van der Waals surface area contributed by atoms with Gasteiger partial charge in [0.1, 0.15) is 0 Å². The lowest BCUT2D eigenvalue weighted by Gasteiger charge is -2.26. The maximum Gasteiger partial charge on any atom is 0.0834 e. The van der Waals surface area contributed by atoms with E-state index in [9.17, 15) is 0 Å². The molecule has 0 saturated heterocycles. The normalized spacial score (nSPS) is 31.7. The van der Waals surface area contributed by atoms with E-state index in [0.717, 1.165) is 22.6 Å². The fourth-order valence-electron chi connectivity index (χ4n) is 3.53. The summed E-state index contributed by atoms with van der Waals surface area (Å²) in [4.78, 5) is 0. The molecule has 4 nitrogen and oxygen atoms in total. The largest absolute Gasteiger partial charge is 0.271 e. The van der Waals surface area contributed by atoms with Gasteiger partial charge in [-0.15, -0.1) is 0 Å². The van der Waals surface area contributed by atoms with E-state index in [0.29, 0.717) is 12.0 Å². The molecule has 3 rings (SSSR count). The molecule has 0 bridgehead atoms. The number of halogens is 1. The summed E-state index contributed by atoms with van der Waals surface area (Å²) in [6.45, 7) is 4.24. The number of nitrogens with zero attached hydrogens (tertiary/aromatic N) is 2. The summed E-state index contributed by atoms with van der Waals surface area (Å²) >= 11 is 6.31. The quantitative estimate of drug-likeness (QED) is 0.652. The number of aromatic nitrogens is 2. The summed E-state index contributed by atoms with van der Waals surface area (Å²) < 4.78 is 2.00. The Kier molecular flexibility index (Phi) is 3.12. The van der Waals surface area contributed by atoms with E-state index >= 15 is 0 Å². The standard InChI is InChI=1S/C13H21ClN4/c1-7(2)18-13(11(14)6-16-18)12(17-15)10-4-8-3-9(8)5-10/h6-10,12,17H,3-5,15H2,1-2H3. The monoisotopic (exact) mass is 268 g/mol. The third-order valence-electron chi connectivity index (χ3n) is 4.50. The van der Waals surface area contributed by atoms with Crippen LogP contribution in [-0.2, 0) is 0 Å². The summed E-state index contributed by atoms with van der Waals surface area (Å²) in [6.07, 6.45) is 5.71. The second kappa shape index (κ2) is 4.51. The fourth-order valence-corrected chi connectivity index (χ4v) is 3.77. The number of rotatable bonds is 4. The minimum atomic E-state index is 0.134. The zero-order chi connectivity index (χ0) is 12.9. The van der Waals surface area contributed by atoms with E-state index in [1.807, 2.05) is 4.68 Å². The summed E-state index contributed by atoms with van der Waals surface area (Å²) in [5.74, 6) is 8.28. The second-order valence-corrected chi connectivity index (χ2v) is 6.45. The van der Waals surface area contributed by atoms with Crippen molar-refractivity contribution in [2.45, 2.75) is 45.2 Å². The van der Waals surface area contributed by atoms with Gasteiger partial charge in [-0.25, -0.2) is 0 Å². The van der Waals surface area contributed by atoms with Crippen LogP contribution in [0, 0.1) is 17.8 Å². The molecule has 0 aromatic carbocycles. The number of nitrogens with two attached hydrogens (primary N) is 1. The average molecular weight is 269 g/mol. The Bertz CT molecular complexity index is 432. The van der Waals surface area contributed by atoms with E-state index in [1.165, 1.54) is 19.3 Å². The van der Waals surface area contributed by atoms with Crippen LogP contribution < -0.4 is 11.3 Å². The lowest BCUT2D eigenvalue weighted by Crippen LogP contribution is -2.35. The highest BCUT2D eigenvalue weighted by Gasteiger charge is 2.48. The maximum atomic E-state index is 6.31. The molecule has 3 unspecified atom stereocenters. The molecule has 3 atom stereocenters. The van der Waals surface area contributed by atoms with Crippen molar-refractivity contribution >= 4 is 11.6 Å². The third-order valence-corrected chi connectivity index (χ3v) is 4.79. The van der Waals surface area contributed by atoms with Crippen molar-refractivity contribution in [3.8, 4) is 0 Å². The van der Waals surface area contributed by atoms with Gasteiger partial charge in [-0.05, 0) is 50.9 Å². The minimum Gasteiger partial charge on any atom is -0.271 e. The van der Waals surface area contributed by atoms with Crippen molar-refractivity contribution in [3.05, 3.63) is 16.9 Å². The van der Waals surface area contributed by atoms with Crippen molar-refractivity contribution in [1.82, 2.24) is 15.2 Å².